The van der Waals surface area contributed by atoms with Crippen molar-refractivity contribution in [3.63, 3.8) is 0 Å². The Hall–Kier alpha value is -2.82. The minimum atomic E-state index is 0.171. The number of nitrogens with zero attached hydrogens (tertiary/aromatic N) is 4. The fourth-order valence-corrected chi connectivity index (χ4v) is 3.45. The van der Waals surface area contributed by atoms with E-state index < -0.39 is 0 Å². The first-order valence-electron chi connectivity index (χ1n) is 8.80. The lowest BCUT2D eigenvalue weighted by Crippen LogP contribution is -2.39. The summed E-state index contributed by atoms with van der Waals surface area (Å²) < 4.78 is 4.07. The second kappa shape index (κ2) is 6.97. The lowest BCUT2D eigenvalue weighted by molar-refractivity contribution is -0.131. The number of amides is 1. The molecule has 0 N–H and O–H groups in total. The van der Waals surface area contributed by atoms with Crippen molar-refractivity contribution in [3.05, 3.63) is 72.8 Å². The number of piperidine rings is 1. The summed E-state index contributed by atoms with van der Waals surface area (Å²) in [5, 5.41) is 4.54. The Morgan fingerprint density at radius 1 is 0.960 bits per heavy atom. The summed E-state index contributed by atoms with van der Waals surface area (Å²) in [6.07, 6.45) is 8.53. The summed E-state index contributed by atoms with van der Waals surface area (Å²) in [4.78, 5) is 14.6. The summed E-state index contributed by atoms with van der Waals surface area (Å²) >= 11 is 0. The van der Waals surface area contributed by atoms with E-state index in [2.05, 4.69) is 34.2 Å². The van der Waals surface area contributed by atoms with Gasteiger partial charge in [0.1, 0.15) is 0 Å². The van der Waals surface area contributed by atoms with Crippen molar-refractivity contribution in [2.24, 2.45) is 0 Å². The van der Waals surface area contributed by atoms with Crippen LogP contribution in [-0.2, 0) is 11.2 Å². The van der Waals surface area contributed by atoms with Gasteiger partial charge in [0.2, 0.25) is 5.91 Å². The van der Waals surface area contributed by atoms with E-state index in [-0.39, 0.29) is 5.91 Å². The topological polar surface area (TPSA) is 43.1 Å². The van der Waals surface area contributed by atoms with E-state index in [9.17, 15) is 4.79 Å². The SMILES string of the molecule is O=C(Cc1ccn(-c2ccccc2)n1)N1CCC(n2cccc2)CC1. The standard InChI is InChI=1S/C20H22N4O/c25-20(23-13-9-18(10-14-23)22-11-4-5-12-22)16-17-8-15-24(21-17)19-6-2-1-3-7-19/h1-8,11-12,15,18H,9-10,13-14,16H2. The number of aromatic nitrogens is 3. The highest BCUT2D eigenvalue weighted by molar-refractivity contribution is 5.78. The van der Waals surface area contributed by atoms with Crippen molar-refractivity contribution in [1.82, 2.24) is 19.2 Å². The second-order valence-electron chi connectivity index (χ2n) is 6.51. The molecule has 0 atom stereocenters. The molecule has 2 aromatic heterocycles. The Bertz CT molecular complexity index is 815. The Balaban J connectivity index is 1.34. The van der Waals surface area contributed by atoms with Gasteiger partial charge in [-0.25, -0.2) is 4.68 Å². The van der Waals surface area contributed by atoms with Crippen molar-refractivity contribution < 1.29 is 4.79 Å². The average molecular weight is 334 g/mol. The van der Waals surface area contributed by atoms with Crippen LogP contribution in [0.3, 0.4) is 0 Å². The van der Waals surface area contributed by atoms with Crippen LogP contribution in [0.4, 0.5) is 0 Å². The first-order chi connectivity index (χ1) is 12.3. The predicted octanol–water partition coefficient (Wildman–Crippen LogP) is 3.08. The van der Waals surface area contributed by atoms with E-state index in [4.69, 9.17) is 0 Å². The van der Waals surface area contributed by atoms with E-state index in [1.54, 1.807) is 0 Å². The minimum Gasteiger partial charge on any atom is -0.351 e. The van der Waals surface area contributed by atoms with Crippen LogP contribution in [0.1, 0.15) is 24.6 Å². The van der Waals surface area contributed by atoms with Crippen LogP contribution in [0, 0.1) is 0 Å². The number of hydrogen-bond acceptors (Lipinski definition) is 2. The van der Waals surface area contributed by atoms with Crippen molar-refractivity contribution in [3.8, 4) is 5.69 Å². The quantitative estimate of drug-likeness (QED) is 0.736. The number of para-hydroxylation sites is 1. The third-order valence-electron chi connectivity index (χ3n) is 4.86. The molecule has 0 unspecified atom stereocenters. The van der Waals surface area contributed by atoms with E-state index in [0.29, 0.717) is 12.5 Å². The molecule has 5 heteroatoms. The molecule has 3 heterocycles. The zero-order chi connectivity index (χ0) is 17.1. The van der Waals surface area contributed by atoms with Crippen molar-refractivity contribution >= 4 is 5.91 Å². The monoisotopic (exact) mass is 334 g/mol. The van der Waals surface area contributed by atoms with Gasteiger partial charge in [-0.05, 0) is 43.2 Å². The van der Waals surface area contributed by atoms with E-state index in [0.717, 1.165) is 37.3 Å². The lowest BCUT2D eigenvalue weighted by atomic mass is 10.0. The Morgan fingerprint density at radius 3 is 2.40 bits per heavy atom. The molecule has 1 amide bonds. The van der Waals surface area contributed by atoms with Gasteiger partial charge >= 0.3 is 0 Å². The molecule has 0 radical (unpaired) electrons. The molecular formula is C20H22N4O. The number of likely N-dealkylation sites (tertiary alicyclic amines) is 1. The number of carbonyl (C=O) groups is 1. The molecular weight excluding hydrogens is 312 g/mol. The largest absolute Gasteiger partial charge is 0.351 e. The Labute approximate surface area is 147 Å². The van der Waals surface area contributed by atoms with E-state index in [1.807, 2.05) is 52.2 Å². The third kappa shape index (κ3) is 3.50. The third-order valence-corrected chi connectivity index (χ3v) is 4.86. The van der Waals surface area contributed by atoms with Crippen LogP contribution in [0.5, 0.6) is 0 Å². The molecule has 0 saturated carbocycles. The summed E-state index contributed by atoms with van der Waals surface area (Å²) in [6, 6.07) is 16.5. The van der Waals surface area contributed by atoms with Crippen LogP contribution in [-0.4, -0.2) is 38.2 Å². The highest BCUT2D eigenvalue weighted by atomic mass is 16.2. The normalized spacial score (nSPS) is 15.4. The fraction of sp³-hybridized carbons (Fsp3) is 0.300. The summed E-state index contributed by atoms with van der Waals surface area (Å²) in [5.41, 5.74) is 1.83. The molecule has 1 fully saturated rings. The highest BCUT2D eigenvalue weighted by Crippen LogP contribution is 2.23. The van der Waals surface area contributed by atoms with E-state index >= 15 is 0 Å². The smallest absolute Gasteiger partial charge is 0.228 e. The zero-order valence-corrected chi connectivity index (χ0v) is 14.2. The Kier molecular flexibility index (Phi) is 4.37. The molecule has 4 rings (SSSR count). The van der Waals surface area contributed by atoms with Gasteiger partial charge in [-0.15, -0.1) is 0 Å². The van der Waals surface area contributed by atoms with Crippen LogP contribution >= 0.6 is 0 Å². The molecule has 25 heavy (non-hydrogen) atoms. The maximum atomic E-state index is 12.6. The Morgan fingerprint density at radius 2 is 1.68 bits per heavy atom. The summed E-state index contributed by atoms with van der Waals surface area (Å²) in [7, 11) is 0. The van der Waals surface area contributed by atoms with Gasteiger partial charge in [0, 0.05) is 37.7 Å². The van der Waals surface area contributed by atoms with Gasteiger partial charge in [-0.2, -0.15) is 5.10 Å². The zero-order valence-electron chi connectivity index (χ0n) is 14.2. The molecule has 1 saturated heterocycles. The second-order valence-corrected chi connectivity index (χ2v) is 6.51. The van der Waals surface area contributed by atoms with Crippen molar-refractivity contribution in [2.75, 3.05) is 13.1 Å². The molecule has 1 aliphatic rings. The van der Waals surface area contributed by atoms with Crippen LogP contribution in [0.15, 0.2) is 67.1 Å². The molecule has 128 valence electrons. The molecule has 1 aromatic carbocycles. The van der Waals surface area contributed by atoms with Crippen LogP contribution in [0.25, 0.3) is 5.69 Å². The number of hydrogen-bond donors (Lipinski definition) is 0. The maximum absolute atomic E-state index is 12.6. The number of benzene rings is 1. The first-order valence-corrected chi connectivity index (χ1v) is 8.80. The van der Waals surface area contributed by atoms with Crippen LogP contribution in [0.2, 0.25) is 0 Å². The highest BCUT2D eigenvalue weighted by Gasteiger charge is 2.23. The van der Waals surface area contributed by atoms with Gasteiger partial charge < -0.3 is 9.47 Å². The summed E-state index contributed by atoms with van der Waals surface area (Å²) in [6.45, 7) is 1.64. The minimum absolute atomic E-state index is 0.171. The molecule has 0 spiro atoms. The number of carbonyl (C=O) groups excluding carboxylic acids is 1. The molecule has 3 aromatic rings. The molecule has 0 bridgehead atoms. The average Bonchev–Trinajstić information content (AvgIpc) is 3.35. The predicted molar refractivity (Wildman–Crippen MR) is 96.6 cm³/mol. The van der Waals surface area contributed by atoms with Gasteiger partial charge in [0.25, 0.3) is 0 Å². The first kappa shape index (κ1) is 15.7. The maximum Gasteiger partial charge on any atom is 0.228 e. The molecule has 0 aliphatic carbocycles. The van der Waals surface area contributed by atoms with Crippen molar-refractivity contribution in [2.45, 2.75) is 25.3 Å². The van der Waals surface area contributed by atoms with Gasteiger partial charge in [-0.3, -0.25) is 4.79 Å². The molecule has 1 aliphatic heterocycles. The van der Waals surface area contributed by atoms with Gasteiger partial charge in [0.15, 0.2) is 0 Å². The van der Waals surface area contributed by atoms with Gasteiger partial charge in [0.05, 0.1) is 17.8 Å². The van der Waals surface area contributed by atoms with E-state index in [1.165, 1.54) is 0 Å². The number of rotatable bonds is 4. The summed E-state index contributed by atoms with van der Waals surface area (Å²) in [5.74, 6) is 0.171. The van der Waals surface area contributed by atoms with Crippen LogP contribution < -0.4 is 0 Å². The fourth-order valence-electron chi connectivity index (χ4n) is 3.45. The lowest BCUT2D eigenvalue weighted by Gasteiger charge is -2.32. The molecule has 5 nitrogen and oxygen atoms in total. The van der Waals surface area contributed by atoms with Crippen molar-refractivity contribution in [1.29, 1.82) is 0 Å². The van der Waals surface area contributed by atoms with Gasteiger partial charge in [-0.1, -0.05) is 18.2 Å².